The van der Waals surface area contributed by atoms with E-state index in [9.17, 15) is 10.1 Å². The van der Waals surface area contributed by atoms with Gasteiger partial charge in [-0.25, -0.2) is 0 Å². The number of benzene rings is 6. The van der Waals surface area contributed by atoms with Crippen LogP contribution in [-0.4, -0.2) is 24.9 Å². The molecule has 0 unspecified atom stereocenters. The average Bonchev–Trinajstić information content (AvgIpc) is 3.12. The molecule has 1 amide bonds. The number of carbonyl (C=O) groups is 1. The molecule has 6 aromatic rings. The zero-order chi connectivity index (χ0) is 32.4. The fourth-order valence-electron chi connectivity index (χ4n) is 4.87. The summed E-state index contributed by atoms with van der Waals surface area (Å²) in [6.45, 7) is 0. The van der Waals surface area contributed by atoms with Crippen LogP contribution in [-0.2, 0) is 4.79 Å². The minimum absolute atomic E-state index is 0.104. The van der Waals surface area contributed by atoms with Crippen molar-refractivity contribution in [2.24, 2.45) is 0 Å². The van der Waals surface area contributed by atoms with Crippen LogP contribution >= 0.6 is 0 Å². The van der Waals surface area contributed by atoms with Crippen LogP contribution < -0.4 is 5.32 Å². The third-order valence-corrected chi connectivity index (χ3v) is 7.18. The molecular weight excluding hydrogens is 562 g/mol. The zero-order valence-electron chi connectivity index (χ0n) is 26.3. The van der Waals surface area contributed by atoms with E-state index in [1.165, 1.54) is 0 Å². The van der Waals surface area contributed by atoms with Crippen molar-refractivity contribution < 1.29 is 4.79 Å². The lowest BCUT2D eigenvalue weighted by Gasteiger charge is -2.21. The number of para-hydroxylation sites is 2. The summed E-state index contributed by atoms with van der Waals surface area (Å²) in [5.41, 5.74) is 6.39. The van der Waals surface area contributed by atoms with E-state index in [1.54, 1.807) is 19.0 Å². The van der Waals surface area contributed by atoms with Gasteiger partial charge in [0.15, 0.2) is 0 Å². The molecule has 4 heteroatoms. The number of amides is 1. The van der Waals surface area contributed by atoms with Crippen molar-refractivity contribution in [2.45, 2.75) is 11.8 Å². The molecule has 6 rings (SSSR count). The molecule has 0 aromatic heterocycles. The van der Waals surface area contributed by atoms with E-state index in [4.69, 9.17) is 0 Å². The monoisotopic (exact) mass is 601 g/mol. The maximum atomic E-state index is 12.4. The van der Waals surface area contributed by atoms with Gasteiger partial charge in [0.05, 0.1) is 17.9 Å². The summed E-state index contributed by atoms with van der Waals surface area (Å²) >= 11 is 0. The SMILES string of the molecule is CN(C)C(=O)C(c1ccccc1)c1ccccc1.N#CC(c1ccccc1)c1ccccc1.c1ccc(Nc2ccccc2)cc1. The van der Waals surface area contributed by atoms with Gasteiger partial charge in [-0.15, -0.1) is 0 Å². The number of hydrogen-bond donors (Lipinski definition) is 1. The maximum Gasteiger partial charge on any atom is 0.234 e. The van der Waals surface area contributed by atoms with Crippen LogP contribution in [0.2, 0.25) is 0 Å². The smallest absolute Gasteiger partial charge is 0.234 e. The van der Waals surface area contributed by atoms with Gasteiger partial charge in [0.2, 0.25) is 5.91 Å². The van der Waals surface area contributed by atoms with E-state index >= 15 is 0 Å². The summed E-state index contributed by atoms with van der Waals surface area (Å²) in [4.78, 5) is 14.0. The minimum atomic E-state index is -0.220. The number of anilines is 2. The summed E-state index contributed by atoms with van der Waals surface area (Å²) < 4.78 is 0. The van der Waals surface area contributed by atoms with Gasteiger partial charge in [0.25, 0.3) is 0 Å². The number of nitriles is 1. The quantitative estimate of drug-likeness (QED) is 0.198. The predicted octanol–water partition coefficient (Wildman–Crippen LogP) is 9.68. The Bertz CT molecular complexity index is 1620. The lowest BCUT2D eigenvalue weighted by Crippen LogP contribution is -2.28. The number of likely N-dealkylation sites (N-methyl/N-ethyl adjacent to an activating group) is 1. The maximum absolute atomic E-state index is 12.4. The highest BCUT2D eigenvalue weighted by atomic mass is 16.2. The van der Waals surface area contributed by atoms with E-state index in [1.807, 2.05) is 182 Å². The first-order valence-corrected chi connectivity index (χ1v) is 15.2. The molecule has 0 heterocycles. The zero-order valence-corrected chi connectivity index (χ0v) is 26.3. The van der Waals surface area contributed by atoms with Crippen molar-refractivity contribution in [1.82, 2.24) is 4.90 Å². The fourth-order valence-corrected chi connectivity index (χ4v) is 4.87. The molecule has 228 valence electrons. The Balaban J connectivity index is 0.000000159. The van der Waals surface area contributed by atoms with Crippen LogP contribution in [0.1, 0.15) is 34.1 Å². The Morgan fingerprint density at radius 1 is 0.500 bits per heavy atom. The van der Waals surface area contributed by atoms with E-state index in [0.717, 1.165) is 33.6 Å². The molecule has 6 aromatic carbocycles. The first-order chi connectivity index (χ1) is 22.6. The number of nitrogens with one attached hydrogen (secondary N) is 1. The molecule has 0 saturated heterocycles. The fraction of sp³-hybridized carbons (Fsp3) is 0.0952. The molecule has 0 aliphatic rings. The van der Waals surface area contributed by atoms with Gasteiger partial charge < -0.3 is 10.2 Å². The van der Waals surface area contributed by atoms with Gasteiger partial charge in [-0.3, -0.25) is 4.79 Å². The number of rotatable bonds is 7. The van der Waals surface area contributed by atoms with Crippen LogP contribution in [0.25, 0.3) is 0 Å². The van der Waals surface area contributed by atoms with Gasteiger partial charge >= 0.3 is 0 Å². The Kier molecular flexibility index (Phi) is 12.9. The molecule has 0 saturated carbocycles. The first-order valence-electron chi connectivity index (χ1n) is 15.2. The molecule has 0 bridgehead atoms. The average molecular weight is 602 g/mol. The van der Waals surface area contributed by atoms with Crippen molar-refractivity contribution in [2.75, 3.05) is 19.4 Å². The molecule has 0 aliphatic carbocycles. The Morgan fingerprint density at radius 3 is 1.07 bits per heavy atom. The molecule has 1 N–H and O–H groups in total. The Hall–Kier alpha value is -5.92. The molecule has 0 atom stereocenters. The molecular formula is C42H39N3O. The van der Waals surface area contributed by atoms with Crippen LogP contribution in [0, 0.1) is 11.3 Å². The van der Waals surface area contributed by atoms with Crippen molar-refractivity contribution >= 4 is 17.3 Å². The first kappa shape index (κ1) is 33.0. The Labute approximate surface area is 273 Å². The highest BCUT2D eigenvalue weighted by Gasteiger charge is 2.23. The molecule has 0 radical (unpaired) electrons. The molecule has 0 aliphatic heterocycles. The highest BCUT2D eigenvalue weighted by molar-refractivity contribution is 5.86. The lowest BCUT2D eigenvalue weighted by molar-refractivity contribution is -0.129. The van der Waals surface area contributed by atoms with E-state index in [0.29, 0.717) is 0 Å². The lowest BCUT2D eigenvalue weighted by atomic mass is 9.90. The number of hydrogen-bond acceptors (Lipinski definition) is 3. The number of carbonyl (C=O) groups excluding carboxylic acids is 1. The van der Waals surface area contributed by atoms with Gasteiger partial charge in [-0.2, -0.15) is 5.26 Å². The van der Waals surface area contributed by atoms with Crippen molar-refractivity contribution in [3.8, 4) is 6.07 Å². The second-order valence-corrected chi connectivity index (χ2v) is 10.7. The third-order valence-electron chi connectivity index (χ3n) is 7.18. The van der Waals surface area contributed by atoms with Crippen LogP contribution in [0.15, 0.2) is 182 Å². The summed E-state index contributed by atoms with van der Waals surface area (Å²) in [5.74, 6) is -0.276. The van der Waals surface area contributed by atoms with Gasteiger partial charge in [0.1, 0.15) is 0 Å². The molecule has 46 heavy (non-hydrogen) atoms. The van der Waals surface area contributed by atoms with Crippen LogP contribution in [0.5, 0.6) is 0 Å². The minimum Gasteiger partial charge on any atom is -0.356 e. The van der Waals surface area contributed by atoms with E-state index < -0.39 is 0 Å². The highest BCUT2D eigenvalue weighted by Crippen LogP contribution is 2.26. The van der Waals surface area contributed by atoms with E-state index in [-0.39, 0.29) is 17.7 Å². The van der Waals surface area contributed by atoms with E-state index in [2.05, 4.69) is 11.4 Å². The normalized spacial score (nSPS) is 9.98. The summed E-state index contributed by atoms with van der Waals surface area (Å²) in [7, 11) is 3.59. The van der Waals surface area contributed by atoms with Gasteiger partial charge in [-0.05, 0) is 46.5 Å². The van der Waals surface area contributed by atoms with Gasteiger partial charge in [-0.1, -0.05) is 158 Å². The molecule has 0 fully saturated rings. The summed E-state index contributed by atoms with van der Waals surface area (Å²) in [6.07, 6.45) is 0. The van der Waals surface area contributed by atoms with Crippen molar-refractivity contribution in [3.63, 3.8) is 0 Å². The topological polar surface area (TPSA) is 56.1 Å². The summed E-state index contributed by atoms with van der Waals surface area (Å²) in [5, 5.41) is 12.5. The van der Waals surface area contributed by atoms with Crippen molar-refractivity contribution in [3.05, 3.63) is 204 Å². The van der Waals surface area contributed by atoms with Gasteiger partial charge in [0, 0.05) is 25.5 Å². The molecule has 4 nitrogen and oxygen atoms in total. The van der Waals surface area contributed by atoms with Crippen LogP contribution in [0.4, 0.5) is 11.4 Å². The standard InChI is InChI=1S/C16H17NO.C14H11N.C12H11N/c1-17(2)16(18)15(13-9-5-3-6-10-13)14-11-7-4-8-12-14;15-11-14(12-7-3-1-4-8-12)13-9-5-2-6-10-13;1-3-7-11(8-4-1)13-12-9-5-2-6-10-12/h3-12,15H,1-2H3;1-10,14H;1-10,13H. The Morgan fingerprint density at radius 2 is 0.783 bits per heavy atom. The predicted molar refractivity (Wildman–Crippen MR) is 190 cm³/mol. The second-order valence-electron chi connectivity index (χ2n) is 10.7. The van der Waals surface area contributed by atoms with Crippen molar-refractivity contribution in [1.29, 1.82) is 5.26 Å². The largest absolute Gasteiger partial charge is 0.356 e. The number of nitrogens with zero attached hydrogens (tertiary/aromatic N) is 2. The third kappa shape index (κ3) is 10.1. The molecule has 0 spiro atoms. The summed E-state index contributed by atoms with van der Waals surface area (Å²) in [6, 6.07) is 62.1. The second kappa shape index (κ2) is 18.0. The van der Waals surface area contributed by atoms with Crippen LogP contribution in [0.3, 0.4) is 0 Å².